The summed E-state index contributed by atoms with van der Waals surface area (Å²) in [6.45, 7) is 1.85. The van der Waals surface area contributed by atoms with Gasteiger partial charge in [-0.25, -0.2) is 4.39 Å². The molecule has 0 saturated carbocycles. The Hall–Kier alpha value is -1.04. The normalized spacial score (nSPS) is 19.7. The maximum atomic E-state index is 14.2. The highest BCUT2D eigenvalue weighted by molar-refractivity contribution is 6.32. The van der Waals surface area contributed by atoms with E-state index >= 15 is 0 Å². The molecule has 1 fully saturated rings. The highest BCUT2D eigenvalue weighted by Crippen LogP contribution is 2.41. The van der Waals surface area contributed by atoms with Crippen LogP contribution in [-0.4, -0.2) is 33.9 Å². The first-order chi connectivity index (χ1) is 8.69. The van der Waals surface area contributed by atoms with E-state index in [1.54, 1.807) is 6.07 Å². The molecule has 0 spiro atoms. The van der Waals surface area contributed by atoms with E-state index in [0.29, 0.717) is 24.5 Å². The van der Waals surface area contributed by atoms with Crippen molar-refractivity contribution in [3.8, 4) is 11.5 Å². The molecule has 100 valence electrons. The highest BCUT2D eigenvalue weighted by Gasteiger charge is 2.25. The predicted octanol–water partition coefficient (Wildman–Crippen LogP) is 2.16. The number of hydrogen-bond donors (Lipinski definition) is 1. The Labute approximate surface area is 110 Å². The van der Waals surface area contributed by atoms with Gasteiger partial charge in [0.15, 0.2) is 17.3 Å². The molecule has 1 atom stereocenters. The summed E-state index contributed by atoms with van der Waals surface area (Å²) in [6.07, 6.45) is -0.365. The molecule has 1 unspecified atom stereocenters. The Morgan fingerprint density at radius 2 is 2.22 bits per heavy atom. The van der Waals surface area contributed by atoms with Crippen LogP contribution in [0.25, 0.3) is 0 Å². The van der Waals surface area contributed by atoms with Crippen LogP contribution >= 0.6 is 11.6 Å². The zero-order chi connectivity index (χ0) is 13.1. The van der Waals surface area contributed by atoms with Crippen molar-refractivity contribution in [1.29, 1.82) is 0 Å². The van der Waals surface area contributed by atoms with Gasteiger partial charge in [-0.2, -0.15) is 0 Å². The lowest BCUT2D eigenvalue weighted by Crippen LogP contribution is -2.33. The summed E-state index contributed by atoms with van der Waals surface area (Å²) in [5.74, 6) is 0.0697. The monoisotopic (exact) mass is 275 g/mol. The van der Waals surface area contributed by atoms with Gasteiger partial charge < -0.3 is 19.5 Å². The summed E-state index contributed by atoms with van der Waals surface area (Å²) in [7, 11) is 2.90. The quantitative estimate of drug-likeness (QED) is 0.918. The number of morpholine rings is 1. The summed E-state index contributed by atoms with van der Waals surface area (Å²) in [5.41, 5.74) is 0.379. The SMILES string of the molecule is COc1cc(C2CNCCO2)c(F)c(Cl)c1OC. The lowest BCUT2D eigenvalue weighted by atomic mass is 10.1. The Balaban J connectivity index is 2.44. The minimum atomic E-state index is -0.525. The van der Waals surface area contributed by atoms with Crippen LogP contribution in [0.4, 0.5) is 4.39 Å². The fraction of sp³-hybridized carbons (Fsp3) is 0.500. The number of ether oxygens (including phenoxy) is 3. The van der Waals surface area contributed by atoms with Gasteiger partial charge in [0.25, 0.3) is 0 Å². The van der Waals surface area contributed by atoms with Crippen molar-refractivity contribution in [3.05, 3.63) is 22.5 Å². The first kappa shape index (κ1) is 13.4. The van der Waals surface area contributed by atoms with E-state index in [1.807, 2.05) is 0 Å². The second kappa shape index (κ2) is 5.73. The molecule has 2 rings (SSSR count). The molecule has 1 N–H and O–H groups in total. The minimum absolute atomic E-state index is 0.0824. The molecule has 0 aliphatic carbocycles. The number of halogens is 2. The number of methoxy groups -OCH3 is 2. The Bertz CT molecular complexity index is 436. The lowest BCUT2D eigenvalue weighted by Gasteiger charge is -2.25. The van der Waals surface area contributed by atoms with Gasteiger partial charge >= 0.3 is 0 Å². The summed E-state index contributed by atoms with van der Waals surface area (Å²) in [5, 5.41) is 3.06. The van der Waals surface area contributed by atoms with Crippen molar-refractivity contribution in [1.82, 2.24) is 5.32 Å². The molecule has 1 aliphatic heterocycles. The molecule has 0 radical (unpaired) electrons. The van der Waals surface area contributed by atoms with Crippen molar-refractivity contribution in [2.75, 3.05) is 33.9 Å². The fourth-order valence-corrected chi connectivity index (χ4v) is 2.23. The maximum Gasteiger partial charge on any atom is 0.182 e. The van der Waals surface area contributed by atoms with E-state index in [1.165, 1.54) is 14.2 Å². The molecule has 18 heavy (non-hydrogen) atoms. The molecule has 6 heteroatoms. The van der Waals surface area contributed by atoms with E-state index in [4.69, 9.17) is 25.8 Å². The third-order valence-electron chi connectivity index (χ3n) is 2.85. The Morgan fingerprint density at radius 3 is 2.78 bits per heavy atom. The molecule has 1 aromatic carbocycles. The summed E-state index contributed by atoms with van der Waals surface area (Å²) >= 11 is 5.95. The van der Waals surface area contributed by atoms with E-state index in [2.05, 4.69) is 5.32 Å². The van der Waals surface area contributed by atoms with Crippen molar-refractivity contribution in [2.24, 2.45) is 0 Å². The molecular formula is C12H15ClFNO3. The van der Waals surface area contributed by atoms with Crippen molar-refractivity contribution >= 4 is 11.6 Å². The average molecular weight is 276 g/mol. The van der Waals surface area contributed by atoms with Crippen LogP contribution in [0.3, 0.4) is 0 Å². The number of rotatable bonds is 3. The second-order valence-corrected chi connectivity index (χ2v) is 4.27. The summed E-state index contributed by atoms with van der Waals surface area (Å²) < 4.78 is 29.9. The van der Waals surface area contributed by atoms with E-state index in [9.17, 15) is 4.39 Å². The minimum Gasteiger partial charge on any atom is -0.493 e. The Morgan fingerprint density at radius 1 is 1.44 bits per heavy atom. The van der Waals surface area contributed by atoms with E-state index < -0.39 is 5.82 Å². The molecule has 0 bridgehead atoms. The maximum absolute atomic E-state index is 14.2. The highest BCUT2D eigenvalue weighted by atomic mass is 35.5. The van der Waals surface area contributed by atoms with Crippen LogP contribution in [0.5, 0.6) is 11.5 Å². The zero-order valence-corrected chi connectivity index (χ0v) is 11.0. The van der Waals surface area contributed by atoms with Gasteiger partial charge in [0.1, 0.15) is 5.02 Å². The third-order valence-corrected chi connectivity index (χ3v) is 3.19. The standard InChI is InChI=1S/C12H15ClFNO3/c1-16-8-5-7(9-6-15-3-4-18-9)11(14)10(13)12(8)17-2/h5,9,15H,3-4,6H2,1-2H3. The van der Waals surface area contributed by atoms with Crippen LogP contribution in [0.1, 0.15) is 11.7 Å². The van der Waals surface area contributed by atoms with Gasteiger partial charge in [-0.05, 0) is 6.07 Å². The molecule has 0 aromatic heterocycles. The van der Waals surface area contributed by atoms with Crippen LogP contribution < -0.4 is 14.8 Å². The lowest BCUT2D eigenvalue weighted by molar-refractivity contribution is 0.0253. The molecule has 4 nitrogen and oxygen atoms in total. The first-order valence-electron chi connectivity index (χ1n) is 5.61. The van der Waals surface area contributed by atoms with Crippen LogP contribution in [0.15, 0.2) is 6.07 Å². The molecule has 1 saturated heterocycles. The molecular weight excluding hydrogens is 261 g/mol. The number of hydrogen-bond acceptors (Lipinski definition) is 4. The van der Waals surface area contributed by atoms with Gasteiger partial charge in [-0.3, -0.25) is 0 Å². The van der Waals surface area contributed by atoms with E-state index in [-0.39, 0.29) is 16.9 Å². The summed E-state index contributed by atoms with van der Waals surface area (Å²) in [6, 6.07) is 1.57. The van der Waals surface area contributed by atoms with Gasteiger partial charge in [0.2, 0.25) is 0 Å². The van der Waals surface area contributed by atoms with Crippen LogP contribution in [-0.2, 0) is 4.74 Å². The second-order valence-electron chi connectivity index (χ2n) is 3.89. The zero-order valence-electron chi connectivity index (χ0n) is 10.3. The average Bonchev–Trinajstić information content (AvgIpc) is 2.42. The molecule has 0 amide bonds. The Kier molecular flexibility index (Phi) is 4.27. The largest absolute Gasteiger partial charge is 0.493 e. The van der Waals surface area contributed by atoms with Crippen molar-refractivity contribution in [2.45, 2.75) is 6.10 Å². The van der Waals surface area contributed by atoms with Gasteiger partial charge in [0.05, 0.1) is 26.9 Å². The number of benzene rings is 1. The fourth-order valence-electron chi connectivity index (χ4n) is 1.95. The molecule has 1 aliphatic rings. The topological polar surface area (TPSA) is 39.7 Å². The summed E-state index contributed by atoms with van der Waals surface area (Å²) in [4.78, 5) is 0. The van der Waals surface area contributed by atoms with Crippen molar-refractivity contribution in [3.63, 3.8) is 0 Å². The van der Waals surface area contributed by atoms with Gasteiger partial charge in [-0.1, -0.05) is 11.6 Å². The van der Waals surface area contributed by atoms with E-state index in [0.717, 1.165) is 6.54 Å². The third kappa shape index (κ3) is 2.39. The molecule has 1 heterocycles. The van der Waals surface area contributed by atoms with Crippen LogP contribution in [0.2, 0.25) is 5.02 Å². The smallest absolute Gasteiger partial charge is 0.182 e. The van der Waals surface area contributed by atoms with Crippen molar-refractivity contribution < 1.29 is 18.6 Å². The predicted molar refractivity (Wildman–Crippen MR) is 66.1 cm³/mol. The van der Waals surface area contributed by atoms with Gasteiger partial charge in [-0.15, -0.1) is 0 Å². The number of nitrogens with one attached hydrogen (secondary N) is 1. The van der Waals surface area contributed by atoms with Crippen LogP contribution in [0, 0.1) is 5.82 Å². The molecule has 1 aromatic rings. The van der Waals surface area contributed by atoms with Gasteiger partial charge in [0, 0.05) is 18.7 Å². The first-order valence-corrected chi connectivity index (χ1v) is 5.99.